The third kappa shape index (κ3) is 4.46. The first kappa shape index (κ1) is 18.1. The van der Waals surface area contributed by atoms with Crippen molar-refractivity contribution in [1.82, 2.24) is 4.98 Å². The Balaban J connectivity index is 1.72. The minimum absolute atomic E-state index is 0.265. The minimum Gasteiger partial charge on any atom is -0.465 e. The van der Waals surface area contributed by atoms with E-state index in [0.29, 0.717) is 22.6 Å². The number of esters is 1. The maximum Gasteiger partial charge on any atom is 0.337 e. The van der Waals surface area contributed by atoms with Crippen LogP contribution in [0, 0.1) is 5.82 Å². The van der Waals surface area contributed by atoms with Crippen molar-refractivity contribution in [3.63, 3.8) is 0 Å². The van der Waals surface area contributed by atoms with E-state index in [1.807, 2.05) is 0 Å². The van der Waals surface area contributed by atoms with Crippen molar-refractivity contribution in [3.8, 4) is 0 Å². The molecule has 3 aromatic rings. The normalized spacial score (nSPS) is 10.1. The highest BCUT2D eigenvalue weighted by molar-refractivity contribution is 6.04. The molecule has 3 rings (SSSR count). The van der Waals surface area contributed by atoms with Crippen LogP contribution in [0.25, 0.3) is 0 Å². The number of aromatic nitrogens is 1. The Morgan fingerprint density at radius 2 is 1.74 bits per heavy atom. The van der Waals surface area contributed by atoms with Gasteiger partial charge in [-0.1, -0.05) is 12.1 Å². The molecule has 6 nitrogen and oxygen atoms in total. The van der Waals surface area contributed by atoms with E-state index in [2.05, 4.69) is 20.4 Å². The molecule has 0 saturated carbocycles. The lowest BCUT2D eigenvalue weighted by Gasteiger charge is -2.09. The summed E-state index contributed by atoms with van der Waals surface area (Å²) in [7, 11) is 1.30. The molecule has 7 heteroatoms. The van der Waals surface area contributed by atoms with Crippen LogP contribution in [-0.2, 0) is 4.74 Å². The van der Waals surface area contributed by atoms with E-state index in [9.17, 15) is 14.0 Å². The summed E-state index contributed by atoms with van der Waals surface area (Å²) in [5.41, 5.74) is 1.52. The number of ether oxygens (including phenoxy) is 1. The number of halogens is 1. The predicted molar refractivity (Wildman–Crippen MR) is 99.7 cm³/mol. The standard InChI is InChI=1S/C20H16FN3O3/c1-27-20(26)13-6-8-15(9-7-13)23-19(25)14-10-11-22-18(12-14)24-17-5-3-2-4-16(17)21/h2-12H,1H3,(H,22,24)(H,23,25). The Morgan fingerprint density at radius 1 is 1.00 bits per heavy atom. The van der Waals surface area contributed by atoms with E-state index in [1.54, 1.807) is 48.5 Å². The zero-order chi connectivity index (χ0) is 19.2. The lowest BCUT2D eigenvalue weighted by atomic mass is 10.2. The number of nitrogens with zero attached hydrogens (tertiary/aromatic N) is 1. The quantitative estimate of drug-likeness (QED) is 0.668. The molecule has 0 bridgehead atoms. The highest BCUT2D eigenvalue weighted by atomic mass is 19.1. The van der Waals surface area contributed by atoms with Gasteiger partial charge in [0.05, 0.1) is 18.4 Å². The fourth-order valence-corrected chi connectivity index (χ4v) is 2.35. The van der Waals surface area contributed by atoms with Crippen LogP contribution in [0.1, 0.15) is 20.7 Å². The molecule has 0 unspecified atom stereocenters. The van der Waals surface area contributed by atoms with Gasteiger partial charge in [-0.3, -0.25) is 4.79 Å². The van der Waals surface area contributed by atoms with Crippen molar-refractivity contribution in [1.29, 1.82) is 0 Å². The SMILES string of the molecule is COC(=O)c1ccc(NC(=O)c2ccnc(Nc3ccccc3F)c2)cc1. The number of nitrogens with one attached hydrogen (secondary N) is 2. The summed E-state index contributed by atoms with van der Waals surface area (Å²) in [6, 6.07) is 15.6. The van der Waals surface area contributed by atoms with Crippen LogP contribution < -0.4 is 10.6 Å². The van der Waals surface area contributed by atoms with Crippen molar-refractivity contribution in [2.45, 2.75) is 0 Å². The Bertz CT molecular complexity index is 974. The van der Waals surface area contributed by atoms with E-state index in [-0.39, 0.29) is 11.6 Å². The zero-order valence-corrected chi connectivity index (χ0v) is 14.4. The van der Waals surface area contributed by atoms with Gasteiger partial charge < -0.3 is 15.4 Å². The summed E-state index contributed by atoms with van der Waals surface area (Å²) >= 11 is 0. The second kappa shape index (κ2) is 8.09. The molecule has 0 atom stereocenters. The molecule has 0 fully saturated rings. The van der Waals surface area contributed by atoms with Crippen LogP contribution in [0.15, 0.2) is 66.9 Å². The number of hydrogen-bond acceptors (Lipinski definition) is 5. The van der Waals surface area contributed by atoms with Gasteiger partial charge in [0.25, 0.3) is 5.91 Å². The van der Waals surface area contributed by atoms with Crippen molar-refractivity contribution in [2.24, 2.45) is 0 Å². The number of carbonyl (C=O) groups excluding carboxylic acids is 2. The van der Waals surface area contributed by atoms with Crippen molar-refractivity contribution in [3.05, 3.63) is 83.8 Å². The maximum absolute atomic E-state index is 13.7. The highest BCUT2D eigenvalue weighted by Crippen LogP contribution is 2.19. The minimum atomic E-state index is -0.453. The average molecular weight is 365 g/mol. The molecule has 0 spiro atoms. The predicted octanol–water partition coefficient (Wildman–Crippen LogP) is 4.00. The van der Waals surface area contributed by atoms with Gasteiger partial charge in [-0.15, -0.1) is 0 Å². The van der Waals surface area contributed by atoms with E-state index < -0.39 is 11.8 Å². The number of rotatable bonds is 5. The number of pyridine rings is 1. The largest absolute Gasteiger partial charge is 0.465 e. The number of methoxy groups -OCH3 is 1. The Kier molecular flexibility index (Phi) is 5.41. The van der Waals surface area contributed by atoms with Crippen LogP contribution in [0.4, 0.5) is 21.6 Å². The third-order valence-electron chi connectivity index (χ3n) is 3.72. The lowest BCUT2D eigenvalue weighted by Crippen LogP contribution is -2.12. The van der Waals surface area contributed by atoms with E-state index in [1.165, 1.54) is 25.4 Å². The molecule has 0 radical (unpaired) electrons. The molecule has 0 aliphatic carbocycles. The van der Waals surface area contributed by atoms with Crippen molar-refractivity contribution in [2.75, 3.05) is 17.7 Å². The first-order valence-electron chi connectivity index (χ1n) is 8.04. The van der Waals surface area contributed by atoms with E-state index >= 15 is 0 Å². The molecule has 1 aromatic heterocycles. The molecule has 27 heavy (non-hydrogen) atoms. The molecule has 0 saturated heterocycles. The van der Waals surface area contributed by atoms with Gasteiger partial charge in [0, 0.05) is 17.4 Å². The number of anilines is 3. The second-order valence-electron chi connectivity index (χ2n) is 5.56. The van der Waals surface area contributed by atoms with Crippen molar-refractivity contribution >= 4 is 29.1 Å². The highest BCUT2D eigenvalue weighted by Gasteiger charge is 2.10. The Morgan fingerprint density at radius 3 is 2.44 bits per heavy atom. The van der Waals surface area contributed by atoms with Gasteiger partial charge in [-0.2, -0.15) is 0 Å². The summed E-state index contributed by atoms with van der Waals surface area (Å²) in [6.07, 6.45) is 1.46. The lowest BCUT2D eigenvalue weighted by molar-refractivity contribution is 0.0600. The first-order valence-corrected chi connectivity index (χ1v) is 8.04. The summed E-state index contributed by atoms with van der Waals surface area (Å²) in [6.45, 7) is 0. The summed E-state index contributed by atoms with van der Waals surface area (Å²) < 4.78 is 18.4. The van der Waals surface area contributed by atoms with Crippen LogP contribution in [0.2, 0.25) is 0 Å². The summed E-state index contributed by atoms with van der Waals surface area (Å²) in [5.74, 6) is -0.890. The van der Waals surface area contributed by atoms with Crippen LogP contribution in [0.3, 0.4) is 0 Å². The first-order chi connectivity index (χ1) is 13.1. The van der Waals surface area contributed by atoms with Crippen molar-refractivity contribution < 1.29 is 18.7 Å². The zero-order valence-electron chi connectivity index (χ0n) is 14.4. The maximum atomic E-state index is 13.7. The van der Waals surface area contributed by atoms with Gasteiger partial charge >= 0.3 is 5.97 Å². The Hall–Kier alpha value is -3.74. The average Bonchev–Trinajstić information content (AvgIpc) is 2.70. The van der Waals surface area contributed by atoms with Gasteiger partial charge in [0.2, 0.25) is 0 Å². The second-order valence-corrected chi connectivity index (χ2v) is 5.56. The number of hydrogen-bond donors (Lipinski definition) is 2. The van der Waals surface area contributed by atoms with E-state index in [0.717, 1.165) is 0 Å². The number of benzene rings is 2. The number of amides is 1. The van der Waals surface area contributed by atoms with Gasteiger partial charge in [-0.05, 0) is 48.5 Å². The number of para-hydroxylation sites is 1. The molecule has 2 N–H and O–H groups in total. The molecule has 0 aliphatic heterocycles. The molecular formula is C20H16FN3O3. The summed E-state index contributed by atoms with van der Waals surface area (Å²) in [4.78, 5) is 28.0. The van der Waals surface area contributed by atoms with E-state index in [4.69, 9.17) is 0 Å². The molecule has 2 aromatic carbocycles. The van der Waals surface area contributed by atoms with Gasteiger partial charge in [0.15, 0.2) is 0 Å². The van der Waals surface area contributed by atoms with Crippen LogP contribution in [-0.4, -0.2) is 24.0 Å². The molecule has 1 amide bonds. The topological polar surface area (TPSA) is 80.3 Å². The summed E-state index contributed by atoms with van der Waals surface area (Å²) in [5, 5.41) is 5.56. The third-order valence-corrected chi connectivity index (χ3v) is 3.72. The van der Waals surface area contributed by atoms with Crippen LogP contribution in [0.5, 0.6) is 0 Å². The van der Waals surface area contributed by atoms with Gasteiger partial charge in [0.1, 0.15) is 11.6 Å². The fraction of sp³-hybridized carbons (Fsp3) is 0.0500. The smallest absolute Gasteiger partial charge is 0.337 e. The molecular weight excluding hydrogens is 349 g/mol. The molecule has 0 aliphatic rings. The molecule has 1 heterocycles. The number of carbonyl (C=O) groups is 2. The van der Waals surface area contributed by atoms with Crippen LogP contribution >= 0.6 is 0 Å². The monoisotopic (exact) mass is 365 g/mol. The fourth-order valence-electron chi connectivity index (χ4n) is 2.35. The molecule has 136 valence electrons. The Labute approximate surface area is 155 Å². The van der Waals surface area contributed by atoms with Gasteiger partial charge in [-0.25, -0.2) is 14.2 Å².